The van der Waals surface area contributed by atoms with Gasteiger partial charge in [-0.25, -0.2) is 4.79 Å². The van der Waals surface area contributed by atoms with Crippen LogP contribution in [0.15, 0.2) is 24.3 Å². The molecule has 4 nitrogen and oxygen atoms in total. The number of amides is 2. The van der Waals surface area contributed by atoms with Gasteiger partial charge < -0.3 is 15.7 Å². The van der Waals surface area contributed by atoms with E-state index in [2.05, 4.69) is 22.8 Å². The Morgan fingerprint density at radius 1 is 1.45 bits per heavy atom. The fourth-order valence-electron chi connectivity index (χ4n) is 2.67. The van der Waals surface area contributed by atoms with Gasteiger partial charge in [-0.1, -0.05) is 31.2 Å². The van der Waals surface area contributed by atoms with E-state index in [1.807, 2.05) is 19.1 Å². The molecule has 1 aromatic carbocycles. The third-order valence-corrected chi connectivity index (χ3v) is 3.91. The van der Waals surface area contributed by atoms with E-state index in [0.29, 0.717) is 13.0 Å². The van der Waals surface area contributed by atoms with E-state index < -0.39 is 0 Å². The van der Waals surface area contributed by atoms with E-state index in [0.717, 1.165) is 25.7 Å². The van der Waals surface area contributed by atoms with Crippen molar-refractivity contribution >= 4 is 6.03 Å². The number of urea groups is 1. The van der Waals surface area contributed by atoms with Crippen molar-refractivity contribution in [2.24, 2.45) is 0 Å². The summed E-state index contributed by atoms with van der Waals surface area (Å²) in [6.07, 6.45) is 4.19. The second-order valence-corrected chi connectivity index (χ2v) is 5.39. The molecule has 0 saturated carbocycles. The summed E-state index contributed by atoms with van der Waals surface area (Å²) in [5.41, 5.74) is 2.58. The Morgan fingerprint density at radius 3 is 3.05 bits per heavy atom. The van der Waals surface area contributed by atoms with E-state index in [-0.39, 0.29) is 18.2 Å². The van der Waals surface area contributed by atoms with E-state index in [1.54, 1.807) is 0 Å². The smallest absolute Gasteiger partial charge is 0.315 e. The van der Waals surface area contributed by atoms with Gasteiger partial charge in [-0.15, -0.1) is 0 Å². The fourth-order valence-corrected chi connectivity index (χ4v) is 2.67. The summed E-state index contributed by atoms with van der Waals surface area (Å²) in [5.74, 6) is 0. The molecule has 0 saturated heterocycles. The largest absolute Gasteiger partial charge is 0.393 e. The second-order valence-electron chi connectivity index (χ2n) is 5.39. The summed E-state index contributed by atoms with van der Waals surface area (Å²) in [7, 11) is 0. The first-order valence-corrected chi connectivity index (χ1v) is 7.51. The molecule has 0 spiro atoms. The van der Waals surface area contributed by atoms with Gasteiger partial charge in [0, 0.05) is 6.54 Å². The minimum atomic E-state index is -0.328. The van der Waals surface area contributed by atoms with E-state index >= 15 is 0 Å². The number of carbonyl (C=O) groups is 1. The molecule has 3 N–H and O–H groups in total. The Kier molecular flexibility index (Phi) is 5.41. The molecule has 0 aromatic heterocycles. The van der Waals surface area contributed by atoms with E-state index in [4.69, 9.17) is 0 Å². The van der Waals surface area contributed by atoms with Crippen molar-refractivity contribution in [3.63, 3.8) is 0 Å². The Balaban J connectivity index is 1.83. The van der Waals surface area contributed by atoms with Crippen molar-refractivity contribution in [3.8, 4) is 0 Å². The second kappa shape index (κ2) is 7.29. The highest BCUT2D eigenvalue weighted by Gasteiger charge is 2.21. The lowest BCUT2D eigenvalue weighted by Gasteiger charge is -2.26. The average Bonchev–Trinajstić information content (AvgIpc) is 2.47. The number of benzene rings is 1. The summed E-state index contributed by atoms with van der Waals surface area (Å²) < 4.78 is 0. The zero-order chi connectivity index (χ0) is 14.4. The molecule has 0 fully saturated rings. The maximum atomic E-state index is 11.9. The van der Waals surface area contributed by atoms with Crippen LogP contribution in [0.25, 0.3) is 0 Å². The lowest BCUT2D eigenvalue weighted by molar-refractivity contribution is 0.160. The summed E-state index contributed by atoms with van der Waals surface area (Å²) >= 11 is 0. The van der Waals surface area contributed by atoms with Crippen molar-refractivity contribution in [2.75, 3.05) is 6.54 Å². The first-order chi connectivity index (χ1) is 9.70. The number of aliphatic hydroxyl groups excluding tert-OH is 1. The quantitative estimate of drug-likeness (QED) is 0.774. The maximum absolute atomic E-state index is 11.9. The lowest BCUT2D eigenvalue weighted by atomic mass is 9.88. The highest BCUT2D eigenvalue weighted by molar-refractivity contribution is 5.74. The molecule has 2 rings (SSSR count). The van der Waals surface area contributed by atoms with E-state index in [9.17, 15) is 9.90 Å². The molecule has 110 valence electrons. The van der Waals surface area contributed by atoms with Gasteiger partial charge >= 0.3 is 6.03 Å². The van der Waals surface area contributed by atoms with Crippen LogP contribution in [0.4, 0.5) is 4.79 Å². The number of carbonyl (C=O) groups excluding carboxylic acids is 1. The normalized spacial score (nSPS) is 19.0. The molecule has 2 unspecified atom stereocenters. The Bertz CT molecular complexity index is 448. The van der Waals surface area contributed by atoms with E-state index in [1.165, 1.54) is 11.1 Å². The molecule has 1 aliphatic carbocycles. The molecule has 0 bridgehead atoms. The highest BCUT2D eigenvalue weighted by Crippen LogP contribution is 2.29. The molecule has 2 amide bonds. The van der Waals surface area contributed by atoms with Gasteiger partial charge in [-0.3, -0.25) is 0 Å². The number of nitrogens with one attached hydrogen (secondary N) is 2. The van der Waals surface area contributed by atoms with Crippen molar-refractivity contribution in [1.29, 1.82) is 0 Å². The molecular weight excluding hydrogens is 252 g/mol. The Labute approximate surface area is 120 Å². The standard InChI is InChI=1S/C16H24N2O2/c1-2-13(19)10-11-17-16(20)18-15-9-5-7-12-6-3-4-8-14(12)15/h3-4,6,8,13,15,19H,2,5,7,9-11H2,1H3,(H2,17,18,20). The van der Waals surface area contributed by atoms with Crippen LogP contribution in [0.1, 0.15) is 49.8 Å². The molecule has 1 aliphatic rings. The van der Waals surface area contributed by atoms with Crippen LogP contribution in [0.5, 0.6) is 0 Å². The lowest BCUT2D eigenvalue weighted by Crippen LogP contribution is -2.40. The summed E-state index contributed by atoms with van der Waals surface area (Å²) in [4.78, 5) is 11.9. The van der Waals surface area contributed by atoms with Crippen LogP contribution < -0.4 is 10.6 Å². The zero-order valence-corrected chi connectivity index (χ0v) is 12.1. The summed E-state index contributed by atoms with van der Waals surface area (Å²) in [5, 5.41) is 15.3. The molecule has 0 heterocycles. The van der Waals surface area contributed by atoms with Crippen LogP contribution in [0.3, 0.4) is 0 Å². The van der Waals surface area contributed by atoms with Gasteiger partial charge in [0.05, 0.1) is 12.1 Å². The van der Waals surface area contributed by atoms with Crippen molar-refractivity contribution < 1.29 is 9.90 Å². The zero-order valence-electron chi connectivity index (χ0n) is 12.1. The van der Waals surface area contributed by atoms with Gasteiger partial charge in [0.25, 0.3) is 0 Å². The Hall–Kier alpha value is -1.55. The number of hydrogen-bond donors (Lipinski definition) is 3. The van der Waals surface area contributed by atoms with Gasteiger partial charge in [0.1, 0.15) is 0 Å². The van der Waals surface area contributed by atoms with Crippen molar-refractivity contribution in [1.82, 2.24) is 10.6 Å². The monoisotopic (exact) mass is 276 g/mol. The molecular formula is C16H24N2O2. The summed E-state index contributed by atoms with van der Waals surface area (Å²) in [6.45, 7) is 2.44. The third kappa shape index (κ3) is 3.97. The molecule has 20 heavy (non-hydrogen) atoms. The third-order valence-electron chi connectivity index (χ3n) is 3.91. The van der Waals surface area contributed by atoms with Gasteiger partial charge in [-0.05, 0) is 43.2 Å². The minimum absolute atomic E-state index is 0.107. The van der Waals surface area contributed by atoms with Crippen LogP contribution >= 0.6 is 0 Å². The van der Waals surface area contributed by atoms with Crippen molar-refractivity contribution in [2.45, 2.75) is 51.2 Å². The number of fused-ring (bicyclic) bond motifs is 1. The maximum Gasteiger partial charge on any atom is 0.315 e. The molecule has 4 heteroatoms. The number of aryl methyl sites for hydroxylation is 1. The fraction of sp³-hybridized carbons (Fsp3) is 0.562. The highest BCUT2D eigenvalue weighted by atomic mass is 16.3. The molecule has 0 radical (unpaired) electrons. The molecule has 0 aliphatic heterocycles. The van der Waals surface area contributed by atoms with Crippen LogP contribution in [0, 0.1) is 0 Å². The first-order valence-electron chi connectivity index (χ1n) is 7.51. The van der Waals surface area contributed by atoms with Gasteiger partial charge in [0.15, 0.2) is 0 Å². The average molecular weight is 276 g/mol. The summed E-state index contributed by atoms with van der Waals surface area (Å²) in [6, 6.07) is 8.27. The van der Waals surface area contributed by atoms with Gasteiger partial charge in [-0.2, -0.15) is 0 Å². The minimum Gasteiger partial charge on any atom is -0.393 e. The number of hydrogen-bond acceptors (Lipinski definition) is 2. The SMILES string of the molecule is CCC(O)CCNC(=O)NC1CCCc2ccccc21. The predicted octanol–water partition coefficient (Wildman–Crippen LogP) is 2.52. The number of rotatable bonds is 5. The first kappa shape index (κ1) is 14.9. The topological polar surface area (TPSA) is 61.4 Å². The Morgan fingerprint density at radius 2 is 2.25 bits per heavy atom. The van der Waals surface area contributed by atoms with Crippen LogP contribution in [-0.2, 0) is 6.42 Å². The van der Waals surface area contributed by atoms with Crippen LogP contribution in [-0.4, -0.2) is 23.8 Å². The number of aliphatic hydroxyl groups is 1. The van der Waals surface area contributed by atoms with Crippen molar-refractivity contribution in [3.05, 3.63) is 35.4 Å². The van der Waals surface area contributed by atoms with Gasteiger partial charge in [0.2, 0.25) is 0 Å². The predicted molar refractivity (Wildman–Crippen MR) is 79.6 cm³/mol. The van der Waals surface area contributed by atoms with Crippen LogP contribution in [0.2, 0.25) is 0 Å². The molecule has 2 atom stereocenters. The molecule has 1 aromatic rings.